The molecule has 4 rings (SSSR count). The number of halogens is 5. The van der Waals surface area contributed by atoms with Crippen LogP contribution in [0.3, 0.4) is 0 Å². The summed E-state index contributed by atoms with van der Waals surface area (Å²) >= 11 is 4.08. The van der Waals surface area contributed by atoms with E-state index >= 15 is 0 Å². The first-order valence-electron chi connectivity index (χ1n) is 9.11. The molecule has 0 N–H and O–H groups in total. The maximum atomic E-state index is 12.4. The predicted molar refractivity (Wildman–Crippen MR) is 118 cm³/mol. The van der Waals surface area contributed by atoms with Crippen LogP contribution in [0.2, 0.25) is 0 Å². The van der Waals surface area contributed by atoms with Gasteiger partial charge in [0, 0.05) is 10.5 Å². The third-order valence-electron chi connectivity index (χ3n) is 4.04. The molecule has 6 heteroatoms. The average molecular weight is 446 g/mol. The largest absolute Gasteiger partial charge is 0.234 e. The third kappa shape index (κ3) is 6.96. The number of benzene rings is 3. The van der Waals surface area contributed by atoms with Gasteiger partial charge in [-0.25, -0.2) is 22.0 Å². The van der Waals surface area contributed by atoms with E-state index in [0.717, 1.165) is 4.90 Å². The SMILES string of the molecule is C=C1C(F)=C(F)C(F)=C(F)C1F.Sc1ccccc1.c1ccc(-c2ccccc2)cc1. The molecule has 1 atom stereocenters. The van der Waals surface area contributed by atoms with Gasteiger partial charge in [0.1, 0.15) is 0 Å². The van der Waals surface area contributed by atoms with E-state index in [0.29, 0.717) is 0 Å². The first kappa shape index (κ1) is 24.2. The van der Waals surface area contributed by atoms with Gasteiger partial charge < -0.3 is 0 Å². The molecule has 0 aromatic heterocycles. The number of hydrogen-bond acceptors (Lipinski definition) is 1. The van der Waals surface area contributed by atoms with E-state index in [4.69, 9.17) is 0 Å². The fraction of sp³-hybridized carbons (Fsp3) is 0.0400. The Balaban J connectivity index is 0.000000171. The van der Waals surface area contributed by atoms with Crippen molar-refractivity contribution in [1.82, 2.24) is 0 Å². The van der Waals surface area contributed by atoms with E-state index in [1.54, 1.807) is 0 Å². The van der Waals surface area contributed by atoms with Crippen molar-refractivity contribution in [2.45, 2.75) is 11.1 Å². The highest BCUT2D eigenvalue weighted by molar-refractivity contribution is 7.80. The minimum Gasteiger partial charge on any atom is -0.234 e. The number of alkyl halides is 1. The standard InChI is InChI=1S/C12H10.C7H3F5.C6H6S/c1-3-7-11(8-4-1)12-9-5-2-6-10-12;1-2-3(8)5(10)7(12)6(11)4(2)9;7-6-4-2-1-3-5-6/h1-10H;3H,1H2;1-5,7H. The van der Waals surface area contributed by atoms with Gasteiger partial charge in [-0.2, -0.15) is 0 Å². The maximum Gasteiger partial charge on any atom is 0.197 e. The Morgan fingerprint density at radius 2 is 0.968 bits per heavy atom. The van der Waals surface area contributed by atoms with E-state index in [1.807, 2.05) is 42.5 Å². The molecule has 1 aliphatic carbocycles. The van der Waals surface area contributed by atoms with Gasteiger partial charge in [0.15, 0.2) is 29.5 Å². The fourth-order valence-corrected chi connectivity index (χ4v) is 2.58. The Hall–Kier alpha value is -3.12. The molecule has 31 heavy (non-hydrogen) atoms. The molecule has 0 saturated carbocycles. The molecule has 3 aromatic carbocycles. The Bertz CT molecular complexity index is 1010. The van der Waals surface area contributed by atoms with Gasteiger partial charge in [-0.3, -0.25) is 0 Å². The van der Waals surface area contributed by atoms with Gasteiger partial charge in [0.05, 0.1) is 0 Å². The summed E-state index contributed by atoms with van der Waals surface area (Å²) < 4.78 is 61.5. The molecule has 3 aromatic rings. The minimum atomic E-state index is -2.62. The Labute approximate surface area is 183 Å². The highest BCUT2D eigenvalue weighted by Crippen LogP contribution is 2.37. The van der Waals surface area contributed by atoms with Crippen LogP contribution in [0.25, 0.3) is 11.1 Å². The van der Waals surface area contributed by atoms with Gasteiger partial charge in [-0.05, 0) is 23.3 Å². The lowest BCUT2D eigenvalue weighted by atomic mass is 10.0. The second kappa shape index (κ2) is 11.9. The number of allylic oxidation sites excluding steroid dienone is 5. The number of rotatable bonds is 1. The van der Waals surface area contributed by atoms with Crippen LogP contribution in [-0.2, 0) is 0 Å². The second-order valence-electron chi connectivity index (χ2n) is 6.25. The molecule has 0 bridgehead atoms. The zero-order chi connectivity index (χ0) is 22.8. The molecule has 1 unspecified atom stereocenters. The van der Waals surface area contributed by atoms with Crippen LogP contribution >= 0.6 is 12.6 Å². The van der Waals surface area contributed by atoms with Crippen molar-refractivity contribution in [3.8, 4) is 11.1 Å². The second-order valence-corrected chi connectivity index (χ2v) is 6.76. The zero-order valence-corrected chi connectivity index (χ0v) is 17.2. The Morgan fingerprint density at radius 3 is 1.32 bits per heavy atom. The summed E-state index contributed by atoms with van der Waals surface area (Å²) in [5.41, 5.74) is 1.52. The lowest BCUT2D eigenvalue weighted by Crippen LogP contribution is -2.12. The molecule has 0 aliphatic heterocycles. The van der Waals surface area contributed by atoms with Gasteiger partial charge >= 0.3 is 0 Å². The van der Waals surface area contributed by atoms with Gasteiger partial charge in [-0.15, -0.1) is 12.6 Å². The summed E-state index contributed by atoms with van der Waals surface area (Å²) in [6.07, 6.45) is -2.62. The van der Waals surface area contributed by atoms with Crippen LogP contribution in [0.15, 0.2) is 131 Å². The first-order chi connectivity index (χ1) is 14.8. The highest BCUT2D eigenvalue weighted by Gasteiger charge is 2.34. The Morgan fingerprint density at radius 1 is 0.581 bits per heavy atom. The molecule has 0 heterocycles. The smallest absolute Gasteiger partial charge is 0.197 e. The van der Waals surface area contributed by atoms with E-state index in [2.05, 4.69) is 67.7 Å². The van der Waals surface area contributed by atoms with Crippen molar-refractivity contribution in [3.63, 3.8) is 0 Å². The van der Waals surface area contributed by atoms with Gasteiger partial charge in [-0.1, -0.05) is 85.4 Å². The summed E-state index contributed by atoms with van der Waals surface area (Å²) in [6, 6.07) is 30.6. The van der Waals surface area contributed by atoms with Crippen molar-refractivity contribution in [2.24, 2.45) is 0 Å². The van der Waals surface area contributed by atoms with Gasteiger partial charge in [0.25, 0.3) is 0 Å². The van der Waals surface area contributed by atoms with Crippen molar-refractivity contribution in [2.75, 3.05) is 0 Å². The minimum absolute atomic E-state index is 1.02. The van der Waals surface area contributed by atoms with Crippen LogP contribution in [0.1, 0.15) is 0 Å². The number of hydrogen-bond donors (Lipinski definition) is 1. The lowest BCUT2D eigenvalue weighted by Gasteiger charge is -2.13. The quantitative estimate of drug-likeness (QED) is 0.281. The molecular formula is C25H19F5S. The molecule has 0 spiro atoms. The van der Waals surface area contributed by atoms with E-state index in [1.165, 1.54) is 11.1 Å². The molecule has 0 fully saturated rings. The number of thiol groups is 1. The van der Waals surface area contributed by atoms with Crippen LogP contribution in [0, 0.1) is 0 Å². The highest BCUT2D eigenvalue weighted by atomic mass is 32.1. The lowest BCUT2D eigenvalue weighted by molar-refractivity contribution is 0.323. The van der Waals surface area contributed by atoms with Crippen molar-refractivity contribution in [3.05, 3.63) is 126 Å². The molecule has 160 valence electrons. The average Bonchev–Trinajstić information content (AvgIpc) is 2.83. The molecule has 0 nitrogen and oxygen atoms in total. The van der Waals surface area contributed by atoms with Crippen LogP contribution in [0.5, 0.6) is 0 Å². The summed E-state index contributed by atoms with van der Waals surface area (Å²) in [4.78, 5) is 1.02. The summed E-state index contributed by atoms with van der Waals surface area (Å²) in [5, 5.41) is 0. The summed E-state index contributed by atoms with van der Waals surface area (Å²) in [6.45, 7) is 2.72. The van der Waals surface area contributed by atoms with E-state index in [-0.39, 0.29) is 0 Å². The van der Waals surface area contributed by atoms with Crippen molar-refractivity contribution >= 4 is 12.6 Å². The van der Waals surface area contributed by atoms with Crippen LogP contribution < -0.4 is 0 Å². The maximum absolute atomic E-state index is 12.4. The Kier molecular flexibility index (Phi) is 9.28. The molecule has 0 amide bonds. The molecular weight excluding hydrogens is 427 g/mol. The molecule has 0 radical (unpaired) electrons. The van der Waals surface area contributed by atoms with E-state index < -0.39 is 35.1 Å². The zero-order valence-electron chi connectivity index (χ0n) is 16.3. The monoisotopic (exact) mass is 446 g/mol. The predicted octanol–water partition coefficient (Wildman–Crippen LogP) is 8.52. The van der Waals surface area contributed by atoms with Crippen LogP contribution in [0.4, 0.5) is 22.0 Å². The topological polar surface area (TPSA) is 0 Å². The van der Waals surface area contributed by atoms with Crippen molar-refractivity contribution in [1.29, 1.82) is 0 Å². The summed E-state index contributed by atoms with van der Waals surface area (Å²) in [7, 11) is 0. The van der Waals surface area contributed by atoms with Gasteiger partial charge in [0.2, 0.25) is 0 Å². The van der Waals surface area contributed by atoms with E-state index in [9.17, 15) is 22.0 Å². The molecule has 0 saturated heterocycles. The first-order valence-corrected chi connectivity index (χ1v) is 9.56. The molecule has 1 aliphatic rings. The fourth-order valence-electron chi connectivity index (χ4n) is 2.41. The summed E-state index contributed by atoms with van der Waals surface area (Å²) in [5.74, 6) is -7.92. The van der Waals surface area contributed by atoms with Crippen molar-refractivity contribution < 1.29 is 22.0 Å². The third-order valence-corrected chi connectivity index (χ3v) is 4.34. The van der Waals surface area contributed by atoms with Crippen LogP contribution in [-0.4, -0.2) is 6.17 Å². The normalized spacial score (nSPS) is 15.5.